The number of nitrogens with two attached hydrogens (primary N) is 1. The molecule has 0 bridgehead atoms. The molecule has 0 atom stereocenters. The number of halogens is 1. The van der Waals surface area contributed by atoms with Crippen LogP contribution in [0.2, 0.25) is 5.02 Å². The zero-order valence-corrected chi connectivity index (χ0v) is 12.2. The summed E-state index contributed by atoms with van der Waals surface area (Å²) in [5.74, 6) is 6.94. The molecule has 0 amide bonds. The third-order valence-electron chi connectivity index (χ3n) is 2.33. The van der Waals surface area contributed by atoms with Gasteiger partial charge in [-0.15, -0.1) is 10.2 Å². The third kappa shape index (κ3) is 3.40. The molecule has 0 spiro atoms. The zero-order chi connectivity index (χ0) is 14.0. The Morgan fingerprint density at radius 3 is 2.68 bits per heavy atom. The average molecular weight is 299 g/mol. The number of thioether (sulfide) groups is 1. The summed E-state index contributed by atoms with van der Waals surface area (Å²) in [7, 11) is 0. The first-order valence-electron chi connectivity index (χ1n) is 5.69. The van der Waals surface area contributed by atoms with E-state index in [4.69, 9.17) is 17.4 Å². The molecule has 3 N–H and O–H groups in total. The summed E-state index contributed by atoms with van der Waals surface area (Å²) in [5, 5.41) is 18.9. The molecule has 1 aromatic heterocycles. The van der Waals surface area contributed by atoms with Crippen LogP contribution in [-0.2, 0) is 0 Å². The Hall–Kier alpha value is -1.24. The van der Waals surface area contributed by atoms with Crippen LogP contribution in [0.15, 0.2) is 29.4 Å². The van der Waals surface area contributed by atoms with Crippen LogP contribution in [0.25, 0.3) is 11.4 Å². The van der Waals surface area contributed by atoms with Crippen LogP contribution in [0.4, 0.5) is 0 Å². The average Bonchev–Trinajstić information content (AvgIpc) is 2.68. The van der Waals surface area contributed by atoms with Crippen molar-refractivity contribution in [2.45, 2.75) is 24.6 Å². The van der Waals surface area contributed by atoms with Gasteiger partial charge in [0, 0.05) is 11.3 Å². The van der Waals surface area contributed by atoms with Crippen molar-refractivity contribution in [1.29, 1.82) is 0 Å². The largest absolute Gasteiger partial charge is 0.390 e. The summed E-state index contributed by atoms with van der Waals surface area (Å²) >= 11 is 7.45. The smallest absolute Gasteiger partial charge is 0.210 e. The number of hydrogen-bond donors (Lipinski definition) is 2. The van der Waals surface area contributed by atoms with Crippen molar-refractivity contribution < 1.29 is 5.11 Å². The van der Waals surface area contributed by atoms with E-state index >= 15 is 0 Å². The molecule has 1 aromatic carbocycles. The summed E-state index contributed by atoms with van der Waals surface area (Å²) in [4.78, 5) is 0. The highest BCUT2D eigenvalue weighted by Crippen LogP contribution is 2.28. The van der Waals surface area contributed by atoms with Gasteiger partial charge in [-0.25, -0.2) is 4.68 Å². The lowest BCUT2D eigenvalue weighted by Gasteiger charge is -2.15. The van der Waals surface area contributed by atoms with Gasteiger partial charge in [-0.05, 0) is 26.0 Å². The van der Waals surface area contributed by atoms with E-state index in [1.165, 1.54) is 16.4 Å². The Morgan fingerprint density at radius 2 is 2.05 bits per heavy atom. The van der Waals surface area contributed by atoms with Gasteiger partial charge in [-0.2, -0.15) is 0 Å². The quantitative estimate of drug-likeness (QED) is 0.668. The van der Waals surface area contributed by atoms with Crippen molar-refractivity contribution in [3.05, 3.63) is 29.3 Å². The highest BCUT2D eigenvalue weighted by atomic mass is 35.5. The first-order valence-corrected chi connectivity index (χ1v) is 7.05. The molecule has 102 valence electrons. The summed E-state index contributed by atoms with van der Waals surface area (Å²) in [6, 6.07) is 7.31. The SMILES string of the molecule is CC(C)(O)CSc1nnc(-c2ccccc2Cl)n1N. The van der Waals surface area contributed by atoms with E-state index in [-0.39, 0.29) is 0 Å². The third-order valence-corrected chi connectivity index (χ3v) is 4.05. The second-order valence-corrected chi connectivity index (χ2v) is 6.11. The zero-order valence-electron chi connectivity index (χ0n) is 10.7. The van der Waals surface area contributed by atoms with E-state index in [1.54, 1.807) is 19.9 Å². The van der Waals surface area contributed by atoms with Gasteiger partial charge in [0.2, 0.25) is 5.16 Å². The van der Waals surface area contributed by atoms with Crippen LogP contribution in [-0.4, -0.2) is 31.3 Å². The molecular formula is C12H15ClN4OS. The van der Waals surface area contributed by atoms with Gasteiger partial charge < -0.3 is 10.9 Å². The van der Waals surface area contributed by atoms with Crippen molar-refractivity contribution in [3.63, 3.8) is 0 Å². The van der Waals surface area contributed by atoms with Crippen LogP contribution in [0, 0.1) is 0 Å². The van der Waals surface area contributed by atoms with Gasteiger partial charge in [-0.3, -0.25) is 0 Å². The van der Waals surface area contributed by atoms with Crippen LogP contribution < -0.4 is 5.84 Å². The fourth-order valence-corrected chi connectivity index (χ4v) is 2.47. The Labute approximate surface area is 120 Å². The topological polar surface area (TPSA) is 77.0 Å². The highest BCUT2D eigenvalue weighted by Gasteiger charge is 2.18. The standard InChI is InChI=1S/C12H15ClN4OS/c1-12(2,18)7-19-11-16-15-10(17(11)14)8-5-3-4-6-9(8)13/h3-6,18H,7,14H2,1-2H3. The number of rotatable bonds is 4. The first-order chi connectivity index (χ1) is 8.88. The Balaban J connectivity index is 2.26. The van der Waals surface area contributed by atoms with E-state index in [9.17, 15) is 5.11 Å². The fraction of sp³-hybridized carbons (Fsp3) is 0.333. The van der Waals surface area contributed by atoms with Crippen molar-refractivity contribution in [2.75, 3.05) is 11.6 Å². The molecule has 0 radical (unpaired) electrons. The Kier molecular flexibility index (Phi) is 4.03. The molecule has 0 aliphatic carbocycles. The number of nitrogen functional groups attached to an aromatic ring is 1. The molecule has 0 unspecified atom stereocenters. The van der Waals surface area contributed by atoms with Gasteiger partial charge in [0.15, 0.2) is 5.82 Å². The summed E-state index contributed by atoms with van der Waals surface area (Å²) in [5.41, 5.74) is -0.0597. The van der Waals surface area contributed by atoms with Crippen LogP contribution in [0.1, 0.15) is 13.8 Å². The normalized spacial score (nSPS) is 11.8. The van der Waals surface area contributed by atoms with Crippen LogP contribution in [0.3, 0.4) is 0 Å². The molecular weight excluding hydrogens is 284 g/mol. The first kappa shape index (κ1) is 14.2. The molecule has 19 heavy (non-hydrogen) atoms. The molecule has 2 rings (SSSR count). The molecule has 5 nitrogen and oxygen atoms in total. The maximum absolute atomic E-state index is 9.70. The lowest BCUT2D eigenvalue weighted by Crippen LogP contribution is -2.22. The number of hydrogen-bond acceptors (Lipinski definition) is 5. The van der Waals surface area contributed by atoms with Crippen LogP contribution in [0.5, 0.6) is 0 Å². The molecule has 2 aromatic rings. The molecule has 0 fully saturated rings. The number of aromatic nitrogens is 3. The summed E-state index contributed by atoms with van der Waals surface area (Å²) < 4.78 is 1.39. The van der Waals surface area contributed by atoms with Crippen molar-refractivity contribution in [1.82, 2.24) is 14.9 Å². The van der Waals surface area contributed by atoms with Gasteiger partial charge in [0.25, 0.3) is 0 Å². The van der Waals surface area contributed by atoms with E-state index in [0.717, 1.165) is 5.56 Å². The molecule has 0 aliphatic rings. The van der Waals surface area contributed by atoms with Gasteiger partial charge in [0.05, 0.1) is 10.6 Å². The molecule has 7 heteroatoms. The second kappa shape index (κ2) is 5.40. The summed E-state index contributed by atoms with van der Waals surface area (Å²) in [6.07, 6.45) is 0. The minimum absolute atomic E-state index is 0.477. The number of benzene rings is 1. The monoisotopic (exact) mass is 298 g/mol. The molecule has 0 saturated heterocycles. The number of aliphatic hydroxyl groups is 1. The van der Waals surface area contributed by atoms with E-state index in [0.29, 0.717) is 21.8 Å². The Morgan fingerprint density at radius 1 is 1.37 bits per heavy atom. The second-order valence-electron chi connectivity index (χ2n) is 4.76. The fourth-order valence-electron chi connectivity index (χ4n) is 1.44. The minimum atomic E-state index is -0.791. The van der Waals surface area contributed by atoms with Gasteiger partial charge in [0.1, 0.15) is 0 Å². The lowest BCUT2D eigenvalue weighted by atomic mass is 10.2. The van der Waals surface area contributed by atoms with Crippen LogP contribution >= 0.6 is 23.4 Å². The van der Waals surface area contributed by atoms with Crippen molar-refractivity contribution in [3.8, 4) is 11.4 Å². The maximum atomic E-state index is 9.70. The predicted octanol–water partition coefficient (Wildman–Crippen LogP) is 2.18. The number of nitrogens with zero attached hydrogens (tertiary/aromatic N) is 3. The van der Waals surface area contributed by atoms with E-state index in [1.807, 2.05) is 18.2 Å². The van der Waals surface area contributed by atoms with Gasteiger partial charge >= 0.3 is 0 Å². The van der Waals surface area contributed by atoms with Gasteiger partial charge in [-0.1, -0.05) is 35.5 Å². The van der Waals surface area contributed by atoms with E-state index in [2.05, 4.69) is 10.2 Å². The molecule has 0 saturated carbocycles. The lowest BCUT2D eigenvalue weighted by molar-refractivity contribution is 0.107. The minimum Gasteiger partial charge on any atom is -0.390 e. The summed E-state index contributed by atoms with van der Waals surface area (Å²) in [6.45, 7) is 3.46. The maximum Gasteiger partial charge on any atom is 0.210 e. The van der Waals surface area contributed by atoms with Crippen molar-refractivity contribution >= 4 is 23.4 Å². The molecule has 1 heterocycles. The Bertz CT molecular complexity index is 579. The van der Waals surface area contributed by atoms with E-state index < -0.39 is 5.60 Å². The van der Waals surface area contributed by atoms with Crippen molar-refractivity contribution in [2.24, 2.45) is 0 Å². The molecule has 0 aliphatic heterocycles. The predicted molar refractivity (Wildman–Crippen MR) is 77.6 cm³/mol. The highest BCUT2D eigenvalue weighted by molar-refractivity contribution is 7.99.